The number of ether oxygens (including phenoxy) is 2. The van der Waals surface area contributed by atoms with Gasteiger partial charge in [-0.15, -0.1) is 0 Å². The fourth-order valence-electron chi connectivity index (χ4n) is 2.20. The minimum absolute atomic E-state index is 0.461. The van der Waals surface area contributed by atoms with Gasteiger partial charge in [0.1, 0.15) is 5.69 Å². The SMILES string of the molecule is COc1ccc(-c2nn(CC(C)C)cc2C=O)cc1OC. The molecule has 1 aromatic heterocycles. The quantitative estimate of drug-likeness (QED) is 0.767. The molecule has 21 heavy (non-hydrogen) atoms. The van der Waals surface area contributed by atoms with Crippen LogP contribution in [-0.2, 0) is 6.54 Å². The lowest BCUT2D eigenvalue weighted by Crippen LogP contribution is -2.04. The minimum atomic E-state index is 0.461. The molecule has 2 aromatic rings. The Hall–Kier alpha value is -2.30. The summed E-state index contributed by atoms with van der Waals surface area (Å²) < 4.78 is 12.3. The molecule has 0 atom stereocenters. The maximum atomic E-state index is 11.3. The summed E-state index contributed by atoms with van der Waals surface area (Å²) in [4.78, 5) is 11.3. The lowest BCUT2D eigenvalue weighted by Gasteiger charge is -2.09. The Bertz CT molecular complexity index is 632. The number of methoxy groups -OCH3 is 2. The molecular weight excluding hydrogens is 268 g/mol. The molecule has 2 rings (SSSR count). The van der Waals surface area contributed by atoms with E-state index in [0.29, 0.717) is 28.7 Å². The zero-order valence-corrected chi connectivity index (χ0v) is 12.8. The van der Waals surface area contributed by atoms with Gasteiger partial charge in [-0.05, 0) is 24.1 Å². The first kappa shape index (κ1) is 15.1. The normalized spacial score (nSPS) is 10.7. The van der Waals surface area contributed by atoms with Crippen molar-refractivity contribution < 1.29 is 14.3 Å². The summed E-state index contributed by atoms with van der Waals surface area (Å²) in [6.45, 7) is 4.99. The molecule has 0 aliphatic carbocycles. The summed E-state index contributed by atoms with van der Waals surface area (Å²) in [7, 11) is 3.17. The predicted molar refractivity (Wildman–Crippen MR) is 81.0 cm³/mol. The molecule has 5 nitrogen and oxygen atoms in total. The van der Waals surface area contributed by atoms with E-state index in [9.17, 15) is 4.79 Å². The Balaban J connectivity index is 2.45. The van der Waals surface area contributed by atoms with Gasteiger partial charge < -0.3 is 9.47 Å². The molecular formula is C16H20N2O3. The topological polar surface area (TPSA) is 53.4 Å². The molecule has 112 valence electrons. The molecule has 0 saturated heterocycles. The number of nitrogens with zero attached hydrogens (tertiary/aromatic N) is 2. The van der Waals surface area contributed by atoms with Crippen LogP contribution < -0.4 is 9.47 Å². The van der Waals surface area contributed by atoms with Gasteiger partial charge in [0, 0.05) is 18.3 Å². The second-order valence-corrected chi connectivity index (χ2v) is 5.24. The van der Waals surface area contributed by atoms with E-state index in [1.165, 1.54) is 0 Å². The first-order valence-corrected chi connectivity index (χ1v) is 6.84. The van der Waals surface area contributed by atoms with E-state index in [1.807, 2.05) is 18.2 Å². The second kappa shape index (κ2) is 6.43. The average Bonchev–Trinajstić information content (AvgIpc) is 2.88. The van der Waals surface area contributed by atoms with Gasteiger partial charge in [0.25, 0.3) is 0 Å². The molecule has 0 amide bonds. The van der Waals surface area contributed by atoms with E-state index >= 15 is 0 Å². The second-order valence-electron chi connectivity index (χ2n) is 5.24. The molecule has 5 heteroatoms. The third-order valence-corrected chi connectivity index (χ3v) is 3.13. The van der Waals surface area contributed by atoms with E-state index in [4.69, 9.17) is 9.47 Å². The summed E-state index contributed by atoms with van der Waals surface area (Å²) in [6.07, 6.45) is 2.61. The highest BCUT2D eigenvalue weighted by atomic mass is 16.5. The first-order valence-electron chi connectivity index (χ1n) is 6.84. The lowest BCUT2D eigenvalue weighted by atomic mass is 10.1. The molecule has 0 radical (unpaired) electrons. The Morgan fingerprint density at radius 2 is 1.95 bits per heavy atom. The third-order valence-electron chi connectivity index (χ3n) is 3.13. The van der Waals surface area contributed by atoms with Crippen molar-refractivity contribution in [3.8, 4) is 22.8 Å². The van der Waals surface area contributed by atoms with Crippen LogP contribution in [0.1, 0.15) is 24.2 Å². The standard InChI is InChI=1S/C16H20N2O3/c1-11(2)8-18-9-13(10-19)16(17-18)12-5-6-14(20-3)15(7-12)21-4/h5-7,9-11H,8H2,1-4H3. The van der Waals surface area contributed by atoms with Crippen LogP contribution in [0.15, 0.2) is 24.4 Å². The van der Waals surface area contributed by atoms with Gasteiger partial charge in [0.05, 0.1) is 19.8 Å². The van der Waals surface area contributed by atoms with Gasteiger partial charge in [0.2, 0.25) is 0 Å². The number of aldehydes is 1. The molecule has 0 saturated carbocycles. The van der Waals surface area contributed by atoms with Crippen LogP contribution in [0.25, 0.3) is 11.3 Å². The van der Waals surface area contributed by atoms with Crippen LogP contribution in [0.3, 0.4) is 0 Å². The van der Waals surface area contributed by atoms with Crippen molar-refractivity contribution in [1.29, 1.82) is 0 Å². The highest BCUT2D eigenvalue weighted by Crippen LogP contribution is 2.32. The van der Waals surface area contributed by atoms with Crippen molar-refractivity contribution in [3.05, 3.63) is 30.0 Å². The van der Waals surface area contributed by atoms with E-state index in [1.54, 1.807) is 25.1 Å². The monoisotopic (exact) mass is 288 g/mol. The Morgan fingerprint density at radius 3 is 2.52 bits per heavy atom. The molecule has 0 N–H and O–H groups in total. The van der Waals surface area contributed by atoms with Gasteiger partial charge in [-0.25, -0.2) is 0 Å². The number of carbonyl (C=O) groups excluding carboxylic acids is 1. The first-order chi connectivity index (χ1) is 10.1. The summed E-state index contributed by atoms with van der Waals surface area (Å²) in [5.74, 6) is 1.73. The molecule has 0 unspecified atom stereocenters. The Morgan fingerprint density at radius 1 is 1.24 bits per heavy atom. The van der Waals surface area contributed by atoms with E-state index in [2.05, 4.69) is 18.9 Å². The lowest BCUT2D eigenvalue weighted by molar-refractivity contribution is 0.112. The van der Waals surface area contributed by atoms with Crippen LogP contribution in [0.5, 0.6) is 11.5 Å². The summed E-state index contributed by atoms with van der Waals surface area (Å²) in [5.41, 5.74) is 2.06. The molecule has 0 aliphatic heterocycles. The Kier molecular flexibility index (Phi) is 4.62. The zero-order chi connectivity index (χ0) is 15.4. The number of aromatic nitrogens is 2. The van der Waals surface area contributed by atoms with Crippen molar-refractivity contribution in [2.45, 2.75) is 20.4 Å². The average molecular weight is 288 g/mol. The van der Waals surface area contributed by atoms with Crippen molar-refractivity contribution in [2.24, 2.45) is 5.92 Å². The summed E-state index contributed by atoms with van der Waals surface area (Å²) in [5, 5.41) is 4.51. The molecule has 0 aliphatic rings. The summed E-state index contributed by atoms with van der Waals surface area (Å²) in [6, 6.07) is 5.51. The molecule has 0 bridgehead atoms. The van der Waals surface area contributed by atoms with Crippen LogP contribution in [0.4, 0.5) is 0 Å². The van der Waals surface area contributed by atoms with Gasteiger partial charge in [0.15, 0.2) is 17.8 Å². The van der Waals surface area contributed by atoms with Gasteiger partial charge in [-0.1, -0.05) is 13.8 Å². The van der Waals surface area contributed by atoms with Crippen LogP contribution in [0, 0.1) is 5.92 Å². The van der Waals surface area contributed by atoms with E-state index in [0.717, 1.165) is 18.4 Å². The number of hydrogen-bond donors (Lipinski definition) is 0. The predicted octanol–water partition coefficient (Wildman–Crippen LogP) is 3.04. The number of rotatable bonds is 6. The van der Waals surface area contributed by atoms with Crippen molar-refractivity contribution in [3.63, 3.8) is 0 Å². The van der Waals surface area contributed by atoms with E-state index in [-0.39, 0.29) is 0 Å². The van der Waals surface area contributed by atoms with Crippen LogP contribution in [0.2, 0.25) is 0 Å². The molecule has 0 fully saturated rings. The maximum absolute atomic E-state index is 11.3. The third kappa shape index (κ3) is 3.24. The molecule has 1 aromatic carbocycles. The number of carbonyl (C=O) groups is 1. The van der Waals surface area contributed by atoms with Crippen molar-refractivity contribution in [1.82, 2.24) is 9.78 Å². The van der Waals surface area contributed by atoms with Crippen LogP contribution in [-0.4, -0.2) is 30.3 Å². The minimum Gasteiger partial charge on any atom is -0.493 e. The highest BCUT2D eigenvalue weighted by Gasteiger charge is 2.14. The van der Waals surface area contributed by atoms with Gasteiger partial charge in [-0.2, -0.15) is 5.10 Å². The molecule has 0 spiro atoms. The number of hydrogen-bond acceptors (Lipinski definition) is 4. The van der Waals surface area contributed by atoms with Crippen LogP contribution >= 0.6 is 0 Å². The van der Waals surface area contributed by atoms with Crippen molar-refractivity contribution >= 4 is 6.29 Å². The largest absolute Gasteiger partial charge is 0.493 e. The van der Waals surface area contributed by atoms with Gasteiger partial charge >= 0.3 is 0 Å². The smallest absolute Gasteiger partial charge is 0.161 e. The van der Waals surface area contributed by atoms with Gasteiger partial charge in [-0.3, -0.25) is 9.48 Å². The maximum Gasteiger partial charge on any atom is 0.161 e. The van der Waals surface area contributed by atoms with E-state index < -0.39 is 0 Å². The zero-order valence-electron chi connectivity index (χ0n) is 12.8. The number of benzene rings is 1. The van der Waals surface area contributed by atoms with Crippen molar-refractivity contribution in [2.75, 3.05) is 14.2 Å². The Labute approximate surface area is 124 Å². The fraction of sp³-hybridized carbons (Fsp3) is 0.375. The fourth-order valence-corrected chi connectivity index (χ4v) is 2.20. The summed E-state index contributed by atoms with van der Waals surface area (Å²) >= 11 is 0. The highest BCUT2D eigenvalue weighted by molar-refractivity contribution is 5.85. The molecule has 1 heterocycles.